The van der Waals surface area contributed by atoms with Crippen molar-refractivity contribution in [2.24, 2.45) is 0 Å². The Morgan fingerprint density at radius 3 is 1.89 bits per heavy atom. The average molecular weight is 355 g/mol. The lowest BCUT2D eigenvalue weighted by Crippen LogP contribution is -2.11. The van der Waals surface area contributed by atoms with Gasteiger partial charge in [-0.1, -0.05) is 12.1 Å². The van der Waals surface area contributed by atoms with Crippen molar-refractivity contribution in [2.75, 3.05) is 7.11 Å². The number of aromatic nitrogens is 3. The molecule has 0 saturated heterocycles. The first kappa shape index (κ1) is 16.7. The summed E-state index contributed by atoms with van der Waals surface area (Å²) in [5, 5.41) is 0. The van der Waals surface area contributed by atoms with Crippen molar-refractivity contribution in [1.29, 1.82) is 0 Å². The molecule has 0 amide bonds. The molecule has 0 atom stereocenters. The monoisotopic (exact) mass is 355 g/mol. The van der Waals surface area contributed by atoms with Gasteiger partial charge in [-0.2, -0.15) is 0 Å². The van der Waals surface area contributed by atoms with E-state index in [0.29, 0.717) is 5.56 Å². The molecule has 4 aromatic rings. The molecule has 0 saturated carbocycles. The van der Waals surface area contributed by atoms with E-state index in [1.807, 2.05) is 54.6 Å². The van der Waals surface area contributed by atoms with Gasteiger partial charge in [0.25, 0.3) is 5.56 Å². The summed E-state index contributed by atoms with van der Waals surface area (Å²) in [5.41, 5.74) is 4.83. The van der Waals surface area contributed by atoms with E-state index in [0.717, 1.165) is 33.7 Å². The largest absolute Gasteiger partial charge is 0.497 e. The summed E-state index contributed by atoms with van der Waals surface area (Å²) in [5.74, 6) is 0.781. The van der Waals surface area contributed by atoms with E-state index in [2.05, 4.69) is 15.0 Å². The number of hydrogen-bond donors (Lipinski definition) is 1. The highest BCUT2D eigenvalue weighted by molar-refractivity contribution is 5.84. The third kappa shape index (κ3) is 3.35. The number of nitrogens with zero attached hydrogens (tertiary/aromatic N) is 2. The van der Waals surface area contributed by atoms with Crippen LogP contribution in [-0.4, -0.2) is 22.1 Å². The van der Waals surface area contributed by atoms with Crippen LogP contribution in [0, 0.1) is 0 Å². The van der Waals surface area contributed by atoms with E-state index in [9.17, 15) is 4.79 Å². The van der Waals surface area contributed by atoms with Gasteiger partial charge in [-0.15, -0.1) is 0 Å². The first-order valence-corrected chi connectivity index (χ1v) is 8.49. The van der Waals surface area contributed by atoms with Crippen molar-refractivity contribution in [1.82, 2.24) is 15.0 Å². The normalized spacial score (nSPS) is 10.6. The number of ether oxygens (including phenoxy) is 1. The smallest absolute Gasteiger partial charge is 0.256 e. The molecule has 0 aliphatic heterocycles. The SMILES string of the molecule is COc1ccc(-c2cc(-c3ccncc3)c(=O)[nH]c2-c2ccncc2)cc1. The molecular weight excluding hydrogens is 338 g/mol. The van der Waals surface area contributed by atoms with Crippen LogP contribution in [0.15, 0.2) is 84.2 Å². The van der Waals surface area contributed by atoms with Gasteiger partial charge in [-0.25, -0.2) is 0 Å². The van der Waals surface area contributed by atoms with Gasteiger partial charge in [0, 0.05) is 41.5 Å². The van der Waals surface area contributed by atoms with Crippen LogP contribution in [0.2, 0.25) is 0 Å². The highest BCUT2D eigenvalue weighted by Gasteiger charge is 2.14. The molecule has 0 aliphatic carbocycles. The first-order valence-electron chi connectivity index (χ1n) is 8.49. The molecule has 3 heterocycles. The minimum Gasteiger partial charge on any atom is -0.497 e. The third-order valence-corrected chi connectivity index (χ3v) is 4.40. The van der Waals surface area contributed by atoms with Crippen molar-refractivity contribution in [3.05, 3.63) is 89.7 Å². The van der Waals surface area contributed by atoms with Crippen molar-refractivity contribution in [2.45, 2.75) is 0 Å². The van der Waals surface area contributed by atoms with Gasteiger partial charge in [-0.3, -0.25) is 14.8 Å². The zero-order valence-corrected chi connectivity index (χ0v) is 14.7. The lowest BCUT2D eigenvalue weighted by Gasteiger charge is -2.13. The first-order chi connectivity index (χ1) is 13.3. The lowest BCUT2D eigenvalue weighted by molar-refractivity contribution is 0.415. The predicted molar refractivity (Wildman–Crippen MR) is 106 cm³/mol. The fraction of sp³-hybridized carbons (Fsp3) is 0.0455. The number of aromatic amines is 1. The summed E-state index contributed by atoms with van der Waals surface area (Å²) in [7, 11) is 1.64. The van der Waals surface area contributed by atoms with E-state index >= 15 is 0 Å². The number of rotatable bonds is 4. The van der Waals surface area contributed by atoms with Gasteiger partial charge >= 0.3 is 0 Å². The maximum absolute atomic E-state index is 12.8. The Balaban J connectivity index is 1.96. The van der Waals surface area contributed by atoms with Gasteiger partial charge in [0.15, 0.2) is 0 Å². The molecule has 0 fully saturated rings. The van der Waals surface area contributed by atoms with Crippen LogP contribution in [0.3, 0.4) is 0 Å². The molecule has 1 N–H and O–H groups in total. The van der Waals surface area contributed by atoms with Crippen molar-refractivity contribution < 1.29 is 4.74 Å². The van der Waals surface area contributed by atoms with Gasteiger partial charge < -0.3 is 9.72 Å². The number of H-pyrrole nitrogens is 1. The quantitative estimate of drug-likeness (QED) is 0.596. The van der Waals surface area contributed by atoms with Crippen molar-refractivity contribution in [3.8, 4) is 39.3 Å². The molecule has 0 bridgehead atoms. The molecule has 4 rings (SSSR count). The Morgan fingerprint density at radius 2 is 1.30 bits per heavy atom. The van der Waals surface area contributed by atoms with Gasteiger partial charge in [0.05, 0.1) is 12.8 Å². The number of methoxy groups -OCH3 is 1. The highest BCUT2D eigenvalue weighted by Crippen LogP contribution is 2.32. The van der Waals surface area contributed by atoms with Crippen LogP contribution < -0.4 is 10.3 Å². The molecule has 0 radical (unpaired) electrons. The maximum Gasteiger partial charge on any atom is 0.256 e. The fourth-order valence-corrected chi connectivity index (χ4v) is 3.02. The van der Waals surface area contributed by atoms with Crippen LogP contribution in [0.25, 0.3) is 33.5 Å². The molecule has 0 aliphatic rings. The van der Waals surface area contributed by atoms with Gasteiger partial charge in [0.1, 0.15) is 5.75 Å². The lowest BCUT2D eigenvalue weighted by atomic mass is 9.96. The van der Waals surface area contributed by atoms with Crippen LogP contribution in [-0.2, 0) is 0 Å². The van der Waals surface area contributed by atoms with Gasteiger partial charge in [0.2, 0.25) is 0 Å². The second kappa shape index (κ2) is 7.25. The molecule has 5 heteroatoms. The Kier molecular flexibility index (Phi) is 4.49. The minimum absolute atomic E-state index is 0.148. The summed E-state index contributed by atoms with van der Waals surface area (Å²) in [6.45, 7) is 0. The van der Waals surface area contributed by atoms with E-state index in [4.69, 9.17) is 4.74 Å². The Morgan fingerprint density at radius 1 is 0.741 bits per heavy atom. The molecule has 3 aromatic heterocycles. The zero-order chi connectivity index (χ0) is 18.6. The van der Waals surface area contributed by atoms with Crippen LogP contribution in [0.5, 0.6) is 5.75 Å². The van der Waals surface area contributed by atoms with Gasteiger partial charge in [-0.05, 0) is 53.6 Å². The maximum atomic E-state index is 12.8. The fourth-order valence-electron chi connectivity index (χ4n) is 3.02. The highest BCUT2D eigenvalue weighted by atomic mass is 16.5. The minimum atomic E-state index is -0.148. The summed E-state index contributed by atoms with van der Waals surface area (Å²) < 4.78 is 5.26. The van der Waals surface area contributed by atoms with Crippen LogP contribution in [0.4, 0.5) is 0 Å². The number of nitrogens with one attached hydrogen (secondary N) is 1. The Labute approximate surface area is 156 Å². The molecule has 132 valence electrons. The number of pyridine rings is 3. The molecular formula is C22H17N3O2. The Hall–Kier alpha value is -3.73. The standard InChI is InChI=1S/C22H17N3O2/c1-27-18-4-2-15(3-5-18)19-14-20(16-6-10-23-11-7-16)22(26)25-21(19)17-8-12-24-13-9-17/h2-14H,1H3,(H,25,26). The Bertz CT molecular complexity index is 1110. The summed E-state index contributed by atoms with van der Waals surface area (Å²) in [4.78, 5) is 23.9. The van der Waals surface area contributed by atoms with E-state index < -0.39 is 0 Å². The van der Waals surface area contributed by atoms with E-state index in [1.165, 1.54) is 0 Å². The van der Waals surface area contributed by atoms with E-state index in [-0.39, 0.29) is 5.56 Å². The second-order valence-electron chi connectivity index (χ2n) is 6.00. The van der Waals surface area contributed by atoms with Crippen molar-refractivity contribution in [3.63, 3.8) is 0 Å². The summed E-state index contributed by atoms with van der Waals surface area (Å²) in [6, 6.07) is 17.1. The summed E-state index contributed by atoms with van der Waals surface area (Å²) in [6.07, 6.45) is 6.78. The zero-order valence-electron chi connectivity index (χ0n) is 14.7. The molecule has 0 unspecified atom stereocenters. The third-order valence-electron chi connectivity index (χ3n) is 4.40. The summed E-state index contributed by atoms with van der Waals surface area (Å²) >= 11 is 0. The topological polar surface area (TPSA) is 67.9 Å². The molecule has 5 nitrogen and oxygen atoms in total. The average Bonchev–Trinajstić information content (AvgIpc) is 2.75. The van der Waals surface area contributed by atoms with Crippen molar-refractivity contribution >= 4 is 0 Å². The molecule has 0 spiro atoms. The number of benzene rings is 1. The number of hydrogen-bond acceptors (Lipinski definition) is 4. The second-order valence-corrected chi connectivity index (χ2v) is 6.00. The van der Waals surface area contributed by atoms with E-state index in [1.54, 1.807) is 31.9 Å². The van der Waals surface area contributed by atoms with Crippen LogP contribution in [0.1, 0.15) is 0 Å². The predicted octanol–water partition coefficient (Wildman–Crippen LogP) is 4.17. The van der Waals surface area contributed by atoms with Crippen LogP contribution >= 0.6 is 0 Å². The molecule has 1 aromatic carbocycles. The molecule has 27 heavy (non-hydrogen) atoms.